The first-order valence-electron chi connectivity index (χ1n) is 4.50. The highest BCUT2D eigenvalue weighted by atomic mass is 16.1. The van der Waals surface area contributed by atoms with E-state index in [1.165, 1.54) is 10.7 Å². The number of carbonyl (C=O) groups is 1. The zero-order chi connectivity index (χ0) is 11.5. The van der Waals surface area contributed by atoms with Crippen LogP contribution in [-0.4, -0.2) is 20.7 Å². The summed E-state index contributed by atoms with van der Waals surface area (Å²) in [6.07, 6.45) is 1.60. The van der Waals surface area contributed by atoms with Crippen molar-refractivity contribution in [1.29, 1.82) is 0 Å². The van der Waals surface area contributed by atoms with Gasteiger partial charge in [-0.15, -0.1) is 0 Å². The maximum Gasteiger partial charge on any atom is 0.269 e. The number of nitrogen functional groups attached to an aromatic ring is 1. The van der Waals surface area contributed by atoms with Crippen molar-refractivity contribution in [2.45, 2.75) is 0 Å². The third kappa shape index (κ3) is 1.84. The molecule has 0 aliphatic carbocycles. The van der Waals surface area contributed by atoms with Crippen molar-refractivity contribution in [3.05, 3.63) is 36.2 Å². The Hall–Kier alpha value is -2.41. The molecule has 0 saturated heterocycles. The van der Waals surface area contributed by atoms with Gasteiger partial charge in [-0.2, -0.15) is 5.10 Å². The number of rotatable bonds is 3. The Labute approximate surface area is 91.0 Å². The number of primary amides is 1. The molecule has 0 atom stereocenters. The Morgan fingerprint density at radius 3 is 2.81 bits per heavy atom. The van der Waals surface area contributed by atoms with Crippen LogP contribution in [0.2, 0.25) is 0 Å². The van der Waals surface area contributed by atoms with Gasteiger partial charge in [-0.05, 0) is 18.2 Å². The molecular formula is C9H10N6O. The number of amides is 1. The molecule has 0 unspecified atom stereocenters. The molecular weight excluding hydrogens is 208 g/mol. The average molecular weight is 218 g/mol. The van der Waals surface area contributed by atoms with Gasteiger partial charge in [0.25, 0.3) is 5.91 Å². The van der Waals surface area contributed by atoms with Gasteiger partial charge in [-0.1, -0.05) is 6.07 Å². The lowest BCUT2D eigenvalue weighted by Crippen LogP contribution is -2.13. The standard InChI is InChI=1S/C9H10N6O/c10-9(16)6-4-5-15(14-6)8-3-1-2-7(12-8)13-11/h1-5H,11H2,(H2,10,16)(H,12,13). The fourth-order valence-corrected chi connectivity index (χ4v) is 1.21. The summed E-state index contributed by atoms with van der Waals surface area (Å²) in [5.74, 6) is 5.71. The van der Waals surface area contributed by atoms with E-state index in [2.05, 4.69) is 15.5 Å². The van der Waals surface area contributed by atoms with E-state index in [-0.39, 0.29) is 5.69 Å². The summed E-state index contributed by atoms with van der Waals surface area (Å²) >= 11 is 0. The second-order valence-corrected chi connectivity index (χ2v) is 3.04. The number of aromatic nitrogens is 3. The minimum absolute atomic E-state index is 0.188. The first-order chi connectivity index (χ1) is 7.70. The Balaban J connectivity index is 2.38. The Bertz CT molecular complexity index is 520. The van der Waals surface area contributed by atoms with Crippen LogP contribution in [-0.2, 0) is 0 Å². The van der Waals surface area contributed by atoms with Gasteiger partial charge in [0.1, 0.15) is 11.5 Å². The topological polar surface area (TPSA) is 112 Å². The lowest BCUT2D eigenvalue weighted by molar-refractivity contribution is 0.0995. The van der Waals surface area contributed by atoms with E-state index >= 15 is 0 Å². The van der Waals surface area contributed by atoms with Crippen LogP contribution in [0.15, 0.2) is 30.5 Å². The number of nitrogens with zero attached hydrogens (tertiary/aromatic N) is 3. The summed E-state index contributed by atoms with van der Waals surface area (Å²) in [6, 6.07) is 6.73. The molecule has 0 bridgehead atoms. The first kappa shape index (κ1) is 10.1. The molecule has 0 fully saturated rings. The SMILES string of the molecule is NNc1cccc(-n2ccc(C(N)=O)n2)n1. The highest BCUT2D eigenvalue weighted by molar-refractivity contribution is 5.90. The molecule has 0 aliphatic rings. The summed E-state index contributed by atoms with van der Waals surface area (Å²) in [7, 11) is 0. The number of hydrogen-bond donors (Lipinski definition) is 3. The van der Waals surface area contributed by atoms with Gasteiger partial charge in [-0.25, -0.2) is 15.5 Å². The lowest BCUT2D eigenvalue weighted by Gasteiger charge is -2.02. The normalized spacial score (nSPS) is 10.1. The van der Waals surface area contributed by atoms with E-state index in [1.54, 1.807) is 24.4 Å². The van der Waals surface area contributed by atoms with Crippen molar-refractivity contribution in [1.82, 2.24) is 14.8 Å². The molecule has 2 rings (SSSR count). The smallest absolute Gasteiger partial charge is 0.269 e. The zero-order valence-corrected chi connectivity index (χ0v) is 8.29. The number of pyridine rings is 1. The average Bonchev–Trinajstić information content (AvgIpc) is 2.78. The molecule has 2 aromatic heterocycles. The number of hydrazine groups is 1. The fourth-order valence-electron chi connectivity index (χ4n) is 1.21. The molecule has 2 heterocycles. The molecule has 5 N–H and O–H groups in total. The number of anilines is 1. The molecule has 0 aromatic carbocycles. The largest absolute Gasteiger partial charge is 0.364 e. The van der Waals surface area contributed by atoms with Crippen LogP contribution >= 0.6 is 0 Å². The van der Waals surface area contributed by atoms with Crippen LogP contribution in [0.4, 0.5) is 5.82 Å². The Morgan fingerprint density at radius 2 is 2.19 bits per heavy atom. The monoisotopic (exact) mass is 218 g/mol. The van der Waals surface area contributed by atoms with Gasteiger partial charge in [0.05, 0.1) is 0 Å². The summed E-state index contributed by atoms with van der Waals surface area (Å²) in [5, 5.41) is 3.97. The van der Waals surface area contributed by atoms with E-state index in [9.17, 15) is 4.79 Å². The molecule has 16 heavy (non-hydrogen) atoms. The van der Waals surface area contributed by atoms with Crippen molar-refractivity contribution in [2.75, 3.05) is 5.43 Å². The minimum Gasteiger partial charge on any atom is -0.364 e. The molecule has 7 nitrogen and oxygen atoms in total. The molecule has 0 saturated carbocycles. The third-order valence-electron chi connectivity index (χ3n) is 1.96. The number of nitrogens with two attached hydrogens (primary N) is 2. The van der Waals surface area contributed by atoms with Crippen LogP contribution in [0, 0.1) is 0 Å². The molecule has 0 spiro atoms. The van der Waals surface area contributed by atoms with E-state index in [1.807, 2.05) is 0 Å². The van der Waals surface area contributed by atoms with Crippen LogP contribution < -0.4 is 17.0 Å². The van der Waals surface area contributed by atoms with Crippen molar-refractivity contribution < 1.29 is 4.79 Å². The Morgan fingerprint density at radius 1 is 1.38 bits per heavy atom. The maximum absolute atomic E-state index is 10.9. The van der Waals surface area contributed by atoms with Crippen molar-refractivity contribution in [2.24, 2.45) is 11.6 Å². The van der Waals surface area contributed by atoms with Crippen LogP contribution in [0.3, 0.4) is 0 Å². The molecule has 82 valence electrons. The predicted octanol–water partition coefficient (Wildman–Crippen LogP) is -0.348. The zero-order valence-electron chi connectivity index (χ0n) is 8.29. The minimum atomic E-state index is -0.577. The molecule has 2 aromatic rings. The first-order valence-corrected chi connectivity index (χ1v) is 4.50. The van der Waals surface area contributed by atoms with Gasteiger partial charge in [0.15, 0.2) is 5.82 Å². The quantitative estimate of drug-likeness (QED) is 0.481. The molecule has 7 heteroatoms. The molecule has 0 radical (unpaired) electrons. The van der Waals surface area contributed by atoms with Crippen molar-refractivity contribution in [3.8, 4) is 5.82 Å². The van der Waals surface area contributed by atoms with Gasteiger partial charge < -0.3 is 11.2 Å². The summed E-state index contributed by atoms with van der Waals surface area (Å²) in [4.78, 5) is 15.0. The number of carbonyl (C=O) groups excluding carboxylic acids is 1. The van der Waals surface area contributed by atoms with Gasteiger partial charge >= 0.3 is 0 Å². The highest BCUT2D eigenvalue weighted by Crippen LogP contribution is 2.08. The summed E-state index contributed by atoms with van der Waals surface area (Å²) in [5.41, 5.74) is 7.70. The van der Waals surface area contributed by atoms with E-state index in [0.29, 0.717) is 11.6 Å². The predicted molar refractivity (Wildman–Crippen MR) is 57.7 cm³/mol. The lowest BCUT2D eigenvalue weighted by atomic mass is 10.4. The fraction of sp³-hybridized carbons (Fsp3) is 0. The maximum atomic E-state index is 10.9. The van der Waals surface area contributed by atoms with Crippen LogP contribution in [0.5, 0.6) is 0 Å². The number of hydrogen-bond acceptors (Lipinski definition) is 5. The second-order valence-electron chi connectivity index (χ2n) is 3.04. The van der Waals surface area contributed by atoms with Gasteiger partial charge in [-0.3, -0.25) is 4.79 Å². The highest BCUT2D eigenvalue weighted by Gasteiger charge is 2.06. The summed E-state index contributed by atoms with van der Waals surface area (Å²) < 4.78 is 1.45. The molecule has 1 amide bonds. The van der Waals surface area contributed by atoms with Crippen LogP contribution in [0.1, 0.15) is 10.5 Å². The van der Waals surface area contributed by atoms with E-state index < -0.39 is 5.91 Å². The van der Waals surface area contributed by atoms with Crippen LogP contribution in [0.25, 0.3) is 5.82 Å². The second kappa shape index (κ2) is 3.99. The Kier molecular flexibility index (Phi) is 2.52. The van der Waals surface area contributed by atoms with Gasteiger partial charge in [0.2, 0.25) is 0 Å². The van der Waals surface area contributed by atoms with Gasteiger partial charge in [0, 0.05) is 6.20 Å². The summed E-state index contributed by atoms with van der Waals surface area (Å²) in [6.45, 7) is 0. The molecule has 0 aliphatic heterocycles. The number of nitrogens with one attached hydrogen (secondary N) is 1. The van der Waals surface area contributed by atoms with E-state index in [4.69, 9.17) is 11.6 Å². The van der Waals surface area contributed by atoms with Crippen molar-refractivity contribution in [3.63, 3.8) is 0 Å². The van der Waals surface area contributed by atoms with E-state index in [0.717, 1.165) is 0 Å². The third-order valence-corrected chi connectivity index (χ3v) is 1.96. The van der Waals surface area contributed by atoms with Crippen molar-refractivity contribution >= 4 is 11.7 Å².